The third-order valence-corrected chi connectivity index (χ3v) is 8.47. The average Bonchev–Trinajstić information content (AvgIpc) is 3.43. The number of nitrogens with one attached hydrogen (secondary N) is 1. The summed E-state index contributed by atoms with van der Waals surface area (Å²) in [5, 5.41) is 12.1. The molecule has 1 N–H and O–H groups in total. The summed E-state index contributed by atoms with van der Waals surface area (Å²) in [5.74, 6) is 2.06. The summed E-state index contributed by atoms with van der Waals surface area (Å²) < 4.78 is 7.62. The van der Waals surface area contributed by atoms with Crippen molar-refractivity contribution in [3.8, 4) is 0 Å². The van der Waals surface area contributed by atoms with Gasteiger partial charge in [0.2, 0.25) is 5.91 Å². The maximum Gasteiger partial charge on any atom is 0.223 e. The number of carbonyl (C=O) groups excluding carboxylic acids is 1. The van der Waals surface area contributed by atoms with E-state index in [1.54, 1.807) is 0 Å². The number of likely N-dealkylation sites (tertiary alicyclic amines) is 1. The number of piperidine rings is 1. The molecular formula is C25H38N6O2S. The lowest BCUT2D eigenvalue weighted by molar-refractivity contribution is -0.128. The summed E-state index contributed by atoms with van der Waals surface area (Å²) >= 11 is 1.97. The van der Waals surface area contributed by atoms with E-state index in [2.05, 4.69) is 42.0 Å². The van der Waals surface area contributed by atoms with Gasteiger partial charge in [-0.2, -0.15) is 0 Å². The van der Waals surface area contributed by atoms with E-state index < -0.39 is 0 Å². The van der Waals surface area contributed by atoms with Crippen LogP contribution in [0.4, 0.5) is 0 Å². The van der Waals surface area contributed by atoms with Crippen LogP contribution < -0.4 is 5.32 Å². The Morgan fingerprint density at radius 3 is 2.47 bits per heavy atom. The van der Waals surface area contributed by atoms with E-state index in [4.69, 9.17) is 4.74 Å². The van der Waals surface area contributed by atoms with Crippen molar-refractivity contribution in [1.82, 2.24) is 29.9 Å². The van der Waals surface area contributed by atoms with Crippen LogP contribution in [0.2, 0.25) is 0 Å². The fourth-order valence-electron chi connectivity index (χ4n) is 5.37. The SMILES string of the molecule is C[C@@H](NC(=O)C1CCOCC1)c1nnc2n1CCN(Cc1ccc(CN3CCCCC3)s1)CC2. The standard InChI is InChI=1S/C25H38N6O2S/c1-19(26-25(32)20-8-15-33-16-9-20)24-28-27-23-7-12-30(13-14-31(23)24)18-22-6-5-21(34-22)17-29-10-3-2-4-11-29/h5-6,19-20H,2-4,7-18H2,1H3,(H,26,32)/t19-/m1/s1. The van der Waals surface area contributed by atoms with Crippen LogP contribution in [0.15, 0.2) is 12.1 Å². The average molecular weight is 487 g/mol. The maximum atomic E-state index is 12.7. The Morgan fingerprint density at radius 1 is 1.03 bits per heavy atom. The van der Waals surface area contributed by atoms with E-state index in [1.165, 1.54) is 42.1 Å². The molecule has 34 heavy (non-hydrogen) atoms. The van der Waals surface area contributed by atoms with E-state index in [0.717, 1.165) is 63.6 Å². The van der Waals surface area contributed by atoms with Gasteiger partial charge in [-0.3, -0.25) is 14.6 Å². The molecular weight excluding hydrogens is 448 g/mol. The Hall–Kier alpha value is -1.81. The van der Waals surface area contributed by atoms with Crippen molar-refractivity contribution < 1.29 is 9.53 Å². The second-order valence-corrected chi connectivity index (χ2v) is 11.2. The zero-order valence-corrected chi connectivity index (χ0v) is 21.2. The summed E-state index contributed by atoms with van der Waals surface area (Å²) in [6.45, 7) is 10.8. The Morgan fingerprint density at radius 2 is 1.74 bits per heavy atom. The zero-order chi connectivity index (χ0) is 23.3. The largest absolute Gasteiger partial charge is 0.381 e. The third kappa shape index (κ3) is 5.87. The molecule has 0 unspecified atom stereocenters. The molecule has 0 saturated carbocycles. The smallest absolute Gasteiger partial charge is 0.223 e. The van der Waals surface area contributed by atoms with Crippen molar-refractivity contribution in [2.75, 3.05) is 39.4 Å². The number of hydrogen-bond acceptors (Lipinski definition) is 7. The van der Waals surface area contributed by atoms with Crippen molar-refractivity contribution in [2.45, 2.75) is 71.1 Å². The highest BCUT2D eigenvalue weighted by atomic mass is 32.1. The lowest BCUT2D eigenvalue weighted by atomic mass is 9.99. The molecule has 8 nitrogen and oxygen atoms in total. The van der Waals surface area contributed by atoms with Gasteiger partial charge >= 0.3 is 0 Å². The van der Waals surface area contributed by atoms with E-state index in [0.29, 0.717) is 13.2 Å². The normalized spacial score (nSPS) is 21.7. The van der Waals surface area contributed by atoms with E-state index in [-0.39, 0.29) is 17.9 Å². The van der Waals surface area contributed by atoms with Crippen molar-refractivity contribution in [3.05, 3.63) is 33.5 Å². The molecule has 2 fully saturated rings. The maximum absolute atomic E-state index is 12.7. The van der Waals surface area contributed by atoms with Crippen LogP contribution in [0, 0.1) is 5.92 Å². The number of carbonyl (C=O) groups is 1. The van der Waals surface area contributed by atoms with Crippen LogP contribution in [-0.4, -0.2) is 69.9 Å². The molecule has 5 rings (SSSR count). The highest BCUT2D eigenvalue weighted by molar-refractivity contribution is 7.11. The molecule has 2 saturated heterocycles. The summed E-state index contributed by atoms with van der Waals surface area (Å²) in [4.78, 5) is 20.7. The molecule has 2 aromatic heterocycles. The number of ether oxygens (including phenoxy) is 1. The second kappa shape index (κ2) is 11.3. The molecule has 0 radical (unpaired) electrons. The monoisotopic (exact) mass is 486 g/mol. The predicted molar refractivity (Wildman–Crippen MR) is 133 cm³/mol. The van der Waals surface area contributed by atoms with Gasteiger partial charge in [0, 0.05) is 68.0 Å². The number of amides is 1. The number of fused-ring (bicyclic) bond motifs is 1. The molecule has 0 bridgehead atoms. The van der Waals surface area contributed by atoms with Gasteiger partial charge in [0.25, 0.3) is 0 Å². The Balaban J connectivity index is 1.14. The van der Waals surface area contributed by atoms with Gasteiger partial charge in [-0.25, -0.2) is 0 Å². The Labute approximate surface area is 206 Å². The first-order valence-electron chi connectivity index (χ1n) is 13.0. The van der Waals surface area contributed by atoms with Crippen LogP contribution in [-0.2, 0) is 35.6 Å². The van der Waals surface area contributed by atoms with Gasteiger partial charge in [0.15, 0.2) is 5.82 Å². The molecule has 1 atom stereocenters. The summed E-state index contributed by atoms with van der Waals surface area (Å²) in [6.07, 6.45) is 6.56. The zero-order valence-electron chi connectivity index (χ0n) is 20.4. The topological polar surface area (TPSA) is 75.5 Å². The summed E-state index contributed by atoms with van der Waals surface area (Å²) in [7, 11) is 0. The van der Waals surface area contributed by atoms with Crippen molar-refractivity contribution in [2.24, 2.45) is 5.92 Å². The fourth-order valence-corrected chi connectivity index (χ4v) is 6.48. The number of thiophene rings is 1. The van der Waals surface area contributed by atoms with E-state index >= 15 is 0 Å². The first kappa shape index (κ1) is 23.9. The molecule has 3 aliphatic heterocycles. The van der Waals surface area contributed by atoms with Crippen molar-refractivity contribution >= 4 is 17.2 Å². The molecule has 0 aliphatic carbocycles. The highest BCUT2D eigenvalue weighted by Gasteiger charge is 2.26. The molecule has 9 heteroatoms. The fraction of sp³-hybridized carbons (Fsp3) is 0.720. The van der Waals surface area contributed by atoms with Crippen LogP contribution in [0.25, 0.3) is 0 Å². The molecule has 0 aromatic carbocycles. The quantitative estimate of drug-likeness (QED) is 0.649. The lowest BCUT2D eigenvalue weighted by Crippen LogP contribution is -2.36. The Kier molecular flexibility index (Phi) is 7.94. The van der Waals surface area contributed by atoms with Crippen molar-refractivity contribution in [1.29, 1.82) is 0 Å². The predicted octanol–water partition coefficient (Wildman–Crippen LogP) is 2.99. The second-order valence-electron chi connectivity index (χ2n) is 9.97. The minimum Gasteiger partial charge on any atom is -0.381 e. The highest BCUT2D eigenvalue weighted by Crippen LogP contribution is 2.23. The summed E-state index contributed by atoms with van der Waals surface area (Å²) in [5.41, 5.74) is 0. The molecule has 2 aromatic rings. The van der Waals surface area contributed by atoms with Crippen LogP contribution >= 0.6 is 11.3 Å². The molecule has 3 aliphatic rings. The Bertz CT molecular complexity index is 947. The molecule has 1 amide bonds. The summed E-state index contributed by atoms with van der Waals surface area (Å²) in [6, 6.07) is 4.49. The van der Waals surface area contributed by atoms with Crippen LogP contribution in [0.3, 0.4) is 0 Å². The van der Waals surface area contributed by atoms with Gasteiger partial charge in [0.05, 0.1) is 6.04 Å². The number of nitrogens with zero attached hydrogens (tertiary/aromatic N) is 5. The number of aromatic nitrogens is 3. The van der Waals surface area contributed by atoms with Gasteiger partial charge in [-0.1, -0.05) is 6.42 Å². The number of rotatable bonds is 7. The van der Waals surface area contributed by atoms with Crippen LogP contribution in [0.1, 0.15) is 66.5 Å². The number of hydrogen-bond donors (Lipinski definition) is 1. The molecule has 0 spiro atoms. The van der Waals surface area contributed by atoms with Gasteiger partial charge in [-0.05, 0) is 57.8 Å². The first-order chi connectivity index (χ1) is 16.7. The first-order valence-corrected chi connectivity index (χ1v) is 13.8. The lowest BCUT2D eigenvalue weighted by Gasteiger charge is -2.25. The van der Waals surface area contributed by atoms with E-state index in [9.17, 15) is 4.79 Å². The minimum atomic E-state index is -0.141. The van der Waals surface area contributed by atoms with Gasteiger partial charge in [0.1, 0.15) is 5.82 Å². The van der Waals surface area contributed by atoms with Gasteiger partial charge in [-0.15, -0.1) is 21.5 Å². The van der Waals surface area contributed by atoms with Crippen molar-refractivity contribution in [3.63, 3.8) is 0 Å². The van der Waals surface area contributed by atoms with Gasteiger partial charge < -0.3 is 14.6 Å². The third-order valence-electron chi connectivity index (χ3n) is 7.41. The minimum absolute atomic E-state index is 0.0452. The van der Waals surface area contributed by atoms with E-state index in [1.807, 2.05) is 18.3 Å². The molecule has 186 valence electrons. The van der Waals surface area contributed by atoms with Crippen LogP contribution in [0.5, 0.6) is 0 Å². The molecule has 5 heterocycles.